The Morgan fingerprint density at radius 3 is 2.24 bits per heavy atom. The molecule has 14 heteroatoms. The molecule has 0 aliphatic heterocycles. The van der Waals surface area contributed by atoms with Crippen LogP contribution in [0.1, 0.15) is 84.5 Å². The van der Waals surface area contributed by atoms with E-state index in [1.165, 1.54) is 25.3 Å². The van der Waals surface area contributed by atoms with Crippen LogP contribution >= 0.6 is 15.2 Å². The third-order valence-electron chi connectivity index (χ3n) is 8.05. The zero-order valence-electron chi connectivity index (χ0n) is 23.3. The van der Waals surface area contributed by atoms with Crippen molar-refractivity contribution in [2.24, 2.45) is 17.4 Å². The summed E-state index contributed by atoms with van der Waals surface area (Å²) in [6.07, 6.45) is 8.67. The Labute approximate surface area is 244 Å². The quantitative estimate of drug-likeness (QED) is 0.150. The van der Waals surface area contributed by atoms with Crippen molar-refractivity contribution in [3.8, 4) is 5.75 Å². The number of hydrogen-bond acceptors (Lipinski definition) is 6. The third-order valence-corrected chi connectivity index (χ3v) is 10.2. The molecule has 0 saturated heterocycles. The van der Waals surface area contributed by atoms with E-state index in [4.69, 9.17) is 16.2 Å². The standard InChI is InChI=1S/C28H39N3O9P2/c29-22(12-18-10-11-25(41(34,35)36)26(13-18)42(37,38)39)28(33)31-23-9-5-4-8-19-14-24(21(27(30)32)15-20(19)23)40-16-17-6-2-1-3-7-17/h10-11,13-15,17,22-23H,1-9,12,16,29H2,(H2,30,32)(H,31,33)(H2,34,35,36)(H2,37,38,39)/t22-,23?/m0/s1. The number of nitrogens with one attached hydrogen (secondary N) is 1. The summed E-state index contributed by atoms with van der Waals surface area (Å²) in [7, 11) is -9.99. The molecule has 230 valence electrons. The van der Waals surface area contributed by atoms with Crippen molar-refractivity contribution in [3.05, 3.63) is 52.6 Å². The minimum atomic E-state index is -5.03. The highest BCUT2D eigenvalue weighted by Gasteiger charge is 2.32. The minimum absolute atomic E-state index is 0.139. The van der Waals surface area contributed by atoms with Crippen molar-refractivity contribution in [1.82, 2.24) is 5.32 Å². The molecular weight excluding hydrogens is 584 g/mol. The van der Waals surface area contributed by atoms with Gasteiger partial charge in [0.15, 0.2) is 0 Å². The van der Waals surface area contributed by atoms with Crippen molar-refractivity contribution in [3.63, 3.8) is 0 Å². The molecule has 2 aliphatic carbocycles. The van der Waals surface area contributed by atoms with Gasteiger partial charge < -0.3 is 41.1 Å². The van der Waals surface area contributed by atoms with Crippen molar-refractivity contribution in [2.45, 2.75) is 76.3 Å². The number of carbonyl (C=O) groups is 2. The molecule has 2 atom stereocenters. The summed E-state index contributed by atoms with van der Waals surface area (Å²) in [6, 6.07) is 5.16. The fourth-order valence-corrected chi connectivity index (χ4v) is 7.94. The average Bonchev–Trinajstić information content (AvgIpc) is 3.12. The molecule has 0 bridgehead atoms. The summed E-state index contributed by atoms with van der Waals surface area (Å²) >= 11 is 0. The van der Waals surface area contributed by atoms with Crippen LogP contribution in [0, 0.1) is 5.92 Å². The Bertz CT molecular complexity index is 1420. The number of carbonyl (C=O) groups excluding carboxylic acids is 2. The van der Waals surface area contributed by atoms with E-state index in [1.54, 1.807) is 6.07 Å². The van der Waals surface area contributed by atoms with Crippen LogP contribution in [0.4, 0.5) is 0 Å². The molecule has 1 unspecified atom stereocenters. The van der Waals surface area contributed by atoms with Gasteiger partial charge in [0.25, 0.3) is 5.91 Å². The summed E-state index contributed by atoms with van der Waals surface area (Å²) in [5.41, 5.74) is 14.1. The second-order valence-corrected chi connectivity index (χ2v) is 14.4. The van der Waals surface area contributed by atoms with Gasteiger partial charge in [0.2, 0.25) is 5.91 Å². The molecule has 0 heterocycles. The number of fused-ring (bicyclic) bond motifs is 1. The van der Waals surface area contributed by atoms with Crippen LogP contribution in [0.2, 0.25) is 0 Å². The number of rotatable bonds is 10. The first-order chi connectivity index (χ1) is 19.7. The van der Waals surface area contributed by atoms with Gasteiger partial charge in [0.1, 0.15) is 5.75 Å². The molecule has 1 saturated carbocycles. The Morgan fingerprint density at radius 2 is 1.60 bits per heavy atom. The van der Waals surface area contributed by atoms with Gasteiger partial charge in [0.05, 0.1) is 34.9 Å². The van der Waals surface area contributed by atoms with Crippen molar-refractivity contribution < 1.29 is 43.0 Å². The number of amides is 2. The molecular formula is C28H39N3O9P2. The van der Waals surface area contributed by atoms with Crippen molar-refractivity contribution >= 4 is 37.6 Å². The Hall–Kier alpha value is -2.56. The van der Waals surface area contributed by atoms with E-state index >= 15 is 0 Å². The minimum Gasteiger partial charge on any atom is -0.492 e. The van der Waals surface area contributed by atoms with Gasteiger partial charge in [-0.3, -0.25) is 18.7 Å². The molecule has 0 spiro atoms. The Morgan fingerprint density at radius 1 is 0.929 bits per heavy atom. The highest BCUT2D eigenvalue weighted by Crippen LogP contribution is 2.40. The van der Waals surface area contributed by atoms with Gasteiger partial charge in [-0.25, -0.2) is 0 Å². The number of aryl methyl sites for hydroxylation is 1. The normalized spacial score (nSPS) is 18.9. The number of benzene rings is 2. The van der Waals surface area contributed by atoms with Crippen molar-refractivity contribution in [2.75, 3.05) is 6.61 Å². The van der Waals surface area contributed by atoms with Crippen molar-refractivity contribution in [1.29, 1.82) is 0 Å². The van der Waals surface area contributed by atoms with Crippen LogP contribution in [-0.2, 0) is 26.8 Å². The molecule has 2 aromatic rings. The molecule has 12 nitrogen and oxygen atoms in total. The lowest BCUT2D eigenvalue weighted by molar-refractivity contribution is -0.123. The summed E-state index contributed by atoms with van der Waals surface area (Å²) in [5, 5.41) is 1.37. The van der Waals surface area contributed by atoms with E-state index in [9.17, 15) is 38.3 Å². The zero-order chi connectivity index (χ0) is 30.7. The van der Waals surface area contributed by atoms with Crippen LogP contribution in [0.5, 0.6) is 5.75 Å². The van der Waals surface area contributed by atoms with Gasteiger partial charge in [0, 0.05) is 0 Å². The molecule has 9 N–H and O–H groups in total. The molecule has 0 radical (unpaired) electrons. The van der Waals surface area contributed by atoms with E-state index in [0.29, 0.717) is 24.7 Å². The van der Waals surface area contributed by atoms with Gasteiger partial charge in [-0.15, -0.1) is 0 Å². The van der Waals surface area contributed by atoms with Crippen LogP contribution in [0.15, 0.2) is 30.3 Å². The van der Waals surface area contributed by atoms with E-state index < -0.39 is 49.7 Å². The van der Waals surface area contributed by atoms with Gasteiger partial charge in [-0.05, 0) is 85.4 Å². The van der Waals surface area contributed by atoms with Gasteiger partial charge in [-0.1, -0.05) is 31.7 Å². The Kier molecular flexibility index (Phi) is 10.3. The molecule has 0 aromatic heterocycles. The molecule has 2 aliphatic rings. The maximum absolute atomic E-state index is 13.2. The second kappa shape index (κ2) is 13.4. The molecule has 2 aromatic carbocycles. The fourth-order valence-electron chi connectivity index (χ4n) is 5.82. The summed E-state index contributed by atoms with van der Waals surface area (Å²) in [6.45, 7) is 0.521. The van der Waals surface area contributed by atoms with Crippen LogP contribution in [0.3, 0.4) is 0 Å². The van der Waals surface area contributed by atoms with E-state index in [1.807, 2.05) is 6.07 Å². The monoisotopic (exact) mass is 623 g/mol. The zero-order valence-corrected chi connectivity index (χ0v) is 25.1. The molecule has 4 rings (SSSR count). The number of primary amides is 1. The van der Waals surface area contributed by atoms with Gasteiger partial charge in [-0.2, -0.15) is 0 Å². The first-order valence-corrected chi connectivity index (χ1v) is 17.4. The topological polar surface area (TPSA) is 222 Å². The van der Waals surface area contributed by atoms with Gasteiger partial charge >= 0.3 is 15.2 Å². The molecule has 1 fully saturated rings. The smallest absolute Gasteiger partial charge is 0.357 e. The summed E-state index contributed by atoms with van der Waals surface area (Å²) < 4.78 is 29.7. The average molecular weight is 624 g/mol. The van der Waals surface area contributed by atoms with E-state index in [-0.39, 0.29) is 17.5 Å². The summed E-state index contributed by atoms with van der Waals surface area (Å²) in [4.78, 5) is 63.8. The SMILES string of the molecule is NC(=O)c1cc2c(cc1OCC1CCCCC1)CCCCC2NC(=O)[C@@H](N)Cc1ccc(P(=O)(O)O)c(P(=O)(O)O)c1. The van der Waals surface area contributed by atoms with Crippen LogP contribution in [-0.4, -0.2) is 44.0 Å². The highest BCUT2D eigenvalue weighted by atomic mass is 31.2. The van der Waals surface area contributed by atoms with E-state index in [0.717, 1.165) is 55.4 Å². The predicted molar refractivity (Wildman–Crippen MR) is 157 cm³/mol. The lowest BCUT2D eigenvalue weighted by Gasteiger charge is -2.25. The van der Waals surface area contributed by atoms with E-state index in [2.05, 4.69) is 5.32 Å². The van der Waals surface area contributed by atoms with Crippen LogP contribution in [0.25, 0.3) is 0 Å². The first kappa shape index (κ1) is 32.4. The number of nitrogens with two attached hydrogens (primary N) is 2. The lowest BCUT2D eigenvalue weighted by atomic mass is 9.90. The predicted octanol–water partition coefficient (Wildman–Crippen LogP) is 1.80. The maximum atomic E-state index is 13.2. The summed E-state index contributed by atoms with van der Waals surface area (Å²) in [5.74, 6) is -0.252. The fraction of sp³-hybridized carbons (Fsp3) is 0.500. The first-order valence-electron chi connectivity index (χ1n) is 14.1. The molecule has 42 heavy (non-hydrogen) atoms. The number of ether oxygens (including phenoxy) is 1. The molecule has 2 amide bonds. The largest absolute Gasteiger partial charge is 0.492 e. The second-order valence-electron chi connectivity index (χ2n) is 11.3. The number of hydrogen-bond donors (Lipinski definition) is 7. The van der Waals surface area contributed by atoms with Crippen LogP contribution < -0.4 is 32.1 Å². The lowest BCUT2D eigenvalue weighted by Crippen LogP contribution is -2.43. The Balaban J connectivity index is 1.52. The maximum Gasteiger partial charge on any atom is 0.357 e. The third kappa shape index (κ3) is 8.08. The highest BCUT2D eigenvalue weighted by molar-refractivity contribution is 7.67.